The molecule has 1 heterocycles. The van der Waals surface area contributed by atoms with E-state index in [1.807, 2.05) is 11.8 Å². The first-order valence-corrected chi connectivity index (χ1v) is 7.14. The molecule has 0 radical (unpaired) electrons. The zero-order valence-electron chi connectivity index (χ0n) is 12.1. The fourth-order valence-electron chi connectivity index (χ4n) is 2.45. The number of carbonyl (C=O) groups is 2. The van der Waals surface area contributed by atoms with Crippen LogP contribution in [-0.2, 0) is 9.59 Å². The Morgan fingerprint density at radius 2 is 2.05 bits per heavy atom. The molecule has 1 aliphatic heterocycles. The van der Waals surface area contributed by atoms with Crippen molar-refractivity contribution in [2.45, 2.75) is 13.3 Å². The average molecular weight is 293 g/mol. The number of rotatable bonds is 5. The van der Waals surface area contributed by atoms with E-state index in [2.05, 4.69) is 10.6 Å². The highest BCUT2D eigenvalue weighted by Crippen LogP contribution is 2.16. The smallest absolute Gasteiger partial charge is 0.238 e. The molecule has 0 aliphatic carbocycles. The van der Waals surface area contributed by atoms with Gasteiger partial charge in [0.1, 0.15) is 5.82 Å². The standard InChI is InChI=1S/C15H20FN3O2/c1-2-17-15(21)11-7-8-19(9-11)10-14(20)18-13-5-3-12(16)4-6-13/h3-6,11H,2,7-10H2,1H3,(H,17,21)(H,18,20)/t11-/m0/s1. The van der Waals surface area contributed by atoms with Crippen LogP contribution in [0.15, 0.2) is 24.3 Å². The summed E-state index contributed by atoms with van der Waals surface area (Å²) in [4.78, 5) is 25.6. The summed E-state index contributed by atoms with van der Waals surface area (Å²) in [5.74, 6) is -0.474. The van der Waals surface area contributed by atoms with Gasteiger partial charge in [-0.05, 0) is 44.2 Å². The summed E-state index contributed by atoms with van der Waals surface area (Å²) in [5, 5.41) is 5.52. The highest BCUT2D eigenvalue weighted by Gasteiger charge is 2.28. The van der Waals surface area contributed by atoms with Gasteiger partial charge >= 0.3 is 0 Å². The topological polar surface area (TPSA) is 61.4 Å². The van der Waals surface area contributed by atoms with E-state index < -0.39 is 0 Å². The third kappa shape index (κ3) is 4.53. The van der Waals surface area contributed by atoms with Gasteiger partial charge in [0, 0.05) is 18.8 Å². The molecule has 1 atom stereocenters. The molecule has 0 saturated carbocycles. The summed E-state index contributed by atoms with van der Waals surface area (Å²) in [6.45, 7) is 4.09. The number of hydrogen-bond acceptors (Lipinski definition) is 3. The normalized spacial score (nSPS) is 18.5. The summed E-state index contributed by atoms with van der Waals surface area (Å²) >= 11 is 0. The van der Waals surface area contributed by atoms with Gasteiger partial charge in [0.2, 0.25) is 11.8 Å². The number of carbonyl (C=O) groups excluding carboxylic acids is 2. The number of benzene rings is 1. The first-order chi connectivity index (χ1) is 10.1. The minimum absolute atomic E-state index is 0.0384. The Kier molecular flexibility index (Phi) is 5.27. The minimum atomic E-state index is -0.336. The first kappa shape index (κ1) is 15.4. The van der Waals surface area contributed by atoms with E-state index in [4.69, 9.17) is 0 Å². The lowest BCUT2D eigenvalue weighted by Gasteiger charge is -2.15. The van der Waals surface area contributed by atoms with Crippen molar-refractivity contribution in [1.29, 1.82) is 0 Å². The molecule has 114 valence electrons. The van der Waals surface area contributed by atoms with Crippen molar-refractivity contribution < 1.29 is 14.0 Å². The largest absolute Gasteiger partial charge is 0.356 e. The van der Waals surface area contributed by atoms with Gasteiger partial charge in [0.05, 0.1) is 12.5 Å². The van der Waals surface area contributed by atoms with Gasteiger partial charge < -0.3 is 10.6 Å². The Bertz CT molecular complexity index is 504. The quantitative estimate of drug-likeness (QED) is 0.858. The Hall–Kier alpha value is -1.95. The van der Waals surface area contributed by atoms with Crippen LogP contribution in [0.25, 0.3) is 0 Å². The van der Waals surface area contributed by atoms with Crippen molar-refractivity contribution in [2.75, 3.05) is 31.5 Å². The fraction of sp³-hybridized carbons (Fsp3) is 0.467. The van der Waals surface area contributed by atoms with E-state index in [-0.39, 0.29) is 30.1 Å². The molecule has 6 heteroatoms. The van der Waals surface area contributed by atoms with Crippen LogP contribution < -0.4 is 10.6 Å². The molecular formula is C15H20FN3O2. The van der Waals surface area contributed by atoms with E-state index in [0.717, 1.165) is 13.0 Å². The molecule has 2 N–H and O–H groups in total. The third-order valence-electron chi connectivity index (χ3n) is 3.49. The molecule has 2 rings (SSSR count). The SMILES string of the molecule is CCNC(=O)[C@H]1CCN(CC(=O)Nc2ccc(F)cc2)C1. The molecular weight excluding hydrogens is 273 g/mol. The molecule has 1 aromatic rings. The molecule has 1 saturated heterocycles. The first-order valence-electron chi connectivity index (χ1n) is 7.14. The van der Waals surface area contributed by atoms with E-state index in [0.29, 0.717) is 18.8 Å². The van der Waals surface area contributed by atoms with Crippen LogP contribution in [0.1, 0.15) is 13.3 Å². The van der Waals surface area contributed by atoms with E-state index in [9.17, 15) is 14.0 Å². The maximum absolute atomic E-state index is 12.8. The Balaban J connectivity index is 1.78. The van der Waals surface area contributed by atoms with Crippen molar-refractivity contribution in [3.8, 4) is 0 Å². The fourth-order valence-corrected chi connectivity index (χ4v) is 2.45. The van der Waals surface area contributed by atoms with E-state index >= 15 is 0 Å². The maximum Gasteiger partial charge on any atom is 0.238 e. The molecule has 0 bridgehead atoms. The Morgan fingerprint density at radius 1 is 1.33 bits per heavy atom. The van der Waals surface area contributed by atoms with Crippen molar-refractivity contribution in [2.24, 2.45) is 5.92 Å². The Morgan fingerprint density at radius 3 is 2.71 bits per heavy atom. The molecule has 0 aromatic heterocycles. The van der Waals surface area contributed by atoms with Crippen LogP contribution in [-0.4, -0.2) is 42.9 Å². The lowest BCUT2D eigenvalue weighted by Crippen LogP contribution is -2.35. The average Bonchev–Trinajstić information content (AvgIpc) is 2.90. The number of nitrogens with one attached hydrogen (secondary N) is 2. The van der Waals surface area contributed by atoms with Crippen LogP contribution in [0.2, 0.25) is 0 Å². The minimum Gasteiger partial charge on any atom is -0.356 e. The van der Waals surface area contributed by atoms with Crippen molar-refractivity contribution in [1.82, 2.24) is 10.2 Å². The second-order valence-electron chi connectivity index (χ2n) is 5.17. The van der Waals surface area contributed by atoms with E-state index in [1.54, 1.807) is 0 Å². The Labute approximate surface area is 123 Å². The van der Waals surface area contributed by atoms with Gasteiger partial charge in [-0.3, -0.25) is 14.5 Å². The number of halogens is 1. The highest BCUT2D eigenvalue weighted by molar-refractivity contribution is 5.92. The number of likely N-dealkylation sites (tertiary alicyclic amines) is 1. The monoisotopic (exact) mass is 293 g/mol. The van der Waals surface area contributed by atoms with Crippen LogP contribution in [0.5, 0.6) is 0 Å². The molecule has 0 unspecified atom stereocenters. The van der Waals surface area contributed by atoms with Gasteiger partial charge in [-0.25, -0.2) is 4.39 Å². The number of nitrogens with zero attached hydrogens (tertiary/aromatic N) is 1. The lowest BCUT2D eigenvalue weighted by atomic mass is 10.1. The molecule has 1 fully saturated rings. The molecule has 2 amide bonds. The number of amides is 2. The van der Waals surface area contributed by atoms with Crippen LogP contribution >= 0.6 is 0 Å². The molecule has 5 nitrogen and oxygen atoms in total. The second kappa shape index (κ2) is 7.17. The highest BCUT2D eigenvalue weighted by atomic mass is 19.1. The van der Waals surface area contributed by atoms with Gasteiger partial charge in [0.15, 0.2) is 0 Å². The zero-order chi connectivity index (χ0) is 15.2. The summed E-state index contributed by atoms with van der Waals surface area (Å²) in [7, 11) is 0. The second-order valence-corrected chi connectivity index (χ2v) is 5.17. The molecule has 1 aromatic carbocycles. The summed E-state index contributed by atoms with van der Waals surface area (Å²) in [6, 6.07) is 5.65. The number of anilines is 1. The van der Waals surface area contributed by atoms with Crippen molar-refractivity contribution in [3.63, 3.8) is 0 Å². The predicted molar refractivity (Wildman–Crippen MR) is 78.3 cm³/mol. The van der Waals surface area contributed by atoms with E-state index in [1.165, 1.54) is 24.3 Å². The zero-order valence-corrected chi connectivity index (χ0v) is 12.1. The summed E-state index contributed by atoms with van der Waals surface area (Å²) in [5.41, 5.74) is 0.570. The molecule has 0 spiro atoms. The van der Waals surface area contributed by atoms with Gasteiger partial charge in [-0.2, -0.15) is 0 Å². The van der Waals surface area contributed by atoms with Gasteiger partial charge in [-0.15, -0.1) is 0 Å². The van der Waals surface area contributed by atoms with Gasteiger partial charge in [0.25, 0.3) is 0 Å². The van der Waals surface area contributed by atoms with Crippen LogP contribution in [0.4, 0.5) is 10.1 Å². The molecule has 21 heavy (non-hydrogen) atoms. The van der Waals surface area contributed by atoms with Crippen molar-refractivity contribution >= 4 is 17.5 Å². The third-order valence-corrected chi connectivity index (χ3v) is 3.49. The molecule has 1 aliphatic rings. The van der Waals surface area contributed by atoms with Crippen LogP contribution in [0.3, 0.4) is 0 Å². The van der Waals surface area contributed by atoms with Crippen LogP contribution in [0, 0.1) is 11.7 Å². The summed E-state index contributed by atoms with van der Waals surface area (Å²) < 4.78 is 12.8. The maximum atomic E-state index is 12.8. The van der Waals surface area contributed by atoms with Crippen molar-refractivity contribution in [3.05, 3.63) is 30.1 Å². The predicted octanol–water partition coefficient (Wildman–Crippen LogP) is 1.22. The lowest BCUT2D eigenvalue weighted by molar-refractivity contribution is -0.125. The van der Waals surface area contributed by atoms with Gasteiger partial charge in [-0.1, -0.05) is 0 Å². The summed E-state index contributed by atoms with van der Waals surface area (Å²) in [6.07, 6.45) is 0.773. The number of hydrogen-bond donors (Lipinski definition) is 2.